The van der Waals surface area contributed by atoms with Crippen LogP contribution in [0.2, 0.25) is 0 Å². The van der Waals surface area contributed by atoms with Gasteiger partial charge in [-0.2, -0.15) is 10.3 Å². The summed E-state index contributed by atoms with van der Waals surface area (Å²) < 4.78 is 16.1. The lowest BCUT2D eigenvalue weighted by Crippen LogP contribution is -1.91. The van der Waals surface area contributed by atoms with Gasteiger partial charge in [-0.15, -0.1) is 5.10 Å². The Morgan fingerprint density at radius 3 is 2.23 bits per heavy atom. The summed E-state index contributed by atoms with van der Waals surface area (Å²) in [4.78, 5) is 0. The number of hydrogen-bond acceptors (Lipinski definition) is 5. The number of benzene rings is 2. The quantitative estimate of drug-likeness (QED) is 0.782. The summed E-state index contributed by atoms with van der Waals surface area (Å²) in [5.41, 5.74) is 2.08. The zero-order chi connectivity index (χ0) is 15.4. The average Bonchev–Trinajstić information content (AvgIpc) is 3.08. The Morgan fingerprint density at radius 1 is 0.864 bits per heavy atom. The van der Waals surface area contributed by atoms with Gasteiger partial charge in [0.1, 0.15) is 11.9 Å². The normalized spacial score (nSPS) is 10.3. The van der Waals surface area contributed by atoms with Gasteiger partial charge in [-0.1, -0.05) is 18.2 Å². The highest BCUT2D eigenvalue weighted by molar-refractivity contribution is 5.67. The van der Waals surface area contributed by atoms with Gasteiger partial charge in [0, 0.05) is 0 Å². The number of ether oxygens (including phenoxy) is 3. The molecule has 0 fully saturated rings. The molecular formula is C16H15N3O3. The van der Waals surface area contributed by atoms with E-state index in [1.165, 1.54) is 6.20 Å². The summed E-state index contributed by atoms with van der Waals surface area (Å²) >= 11 is 0. The molecule has 0 spiro atoms. The van der Waals surface area contributed by atoms with Crippen LogP contribution in [0.1, 0.15) is 0 Å². The fourth-order valence-electron chi connectivity index (χ4n) is 2.09. The van der Waals surface area contributed by atoms with Gasteiger partial charge < -0.3 is 14.2 Å². The minimum Gasteiger partial charge on any atom is -0.493 e. The van der Waals surface area contributed by atoms with Gasteiger partial charge in [0.25, 0.3) is 5.88 Å². The van der Waals surface area contributed by atoms with Crippen molar-refractivity contribution in [3.8, 4) is 34.3 Å². The third kappa shape index (κ3) is 2.85. The minimum atomic E-state index is 0.430. The van der Waals surface area contributed by atoms with Crippen LogP contribution in [0, 0.1) is 0 Å². The molecule has 0 atom stereocenters. The van der Waals surface area contributed by atoms with Crippen molar-refractivity contribution in [3.05, 3.63) is 48.7 Å². The Bertz CT molecular complexity index is 740. The maximum Gasteiger partial charge on any atom is 0.258 e. The van der Waals surface area contributed by atoms with Crippen LogP contribution >= 0.6 is 0 Å². The summed E-state index contributed by atoms with van der Waals surface area (Å²) in [7, 11) is 3.24. The number of H-pyrrole nitrogens is 1. The lowest BCUT2D eigenvalue weighted by molar-refractivity contribution is 0.355. The molecule has 112 valence electrons. The highest BCUT2D eigenvalue weighted by atomic mass is 16.5. The van der Waals surface area contributed by atoms with E-state index < -0.39 is 0 Å². The Hall–Kier alpha value is -3.02. The fraction of sp³-hybridized carbons (Fsp3) is 0.125. The van der Waals surface area contributed by atoms with E-state index in [1.807, 2.05) is 42.5 Å². The Morgan fingerprint density at radius 2 is 1.59 bits per heavy atom. The van der Waals surface area contributed by atoms with E-state index in [4.69, 9.17) is 14.2 Å². The van der Waals surface area contributed by atoms with Gasteiger partial charge in [0.15, 0.2) is 11.5 Å². The predicted molar refractivity (Wildman–Crippen MR) is 81.4 cm³/mol. The monoisotopic (exact) mass is 297 g/mol. The van der Waals surface area contributed by atoms with Crippen molar-refractivity contribution in [2.45, 2.75) is 0 Å². The molecule has 1 N–H and O–H groups in total. The van der Waals surface area contributed by atoms with Gasteiger partial charge in [-0.3, -0.25) is 0 Å². The zero-order valence-electron chi connectivity index (χ0n) is 12.2. The van der Waals surface area contributed by atoms with Crippen molar-refractivity contribution in [2.75, 3.05) is 14.2 Å². The van der Waals surface area contributed by atoms with Crippen molar-refractivity contribution in [1.82, 2.24) is 15.4 Å². The van der Waals surface area contributed by atoms with Crippen LogP contribution in [0.15, 0.2) is 48.7 Å². The lowest BCUT2D eigenvalue weighted by atomic mass is 10.1. The molecule has 2 aromatic carbocycles. The van der Waals surface area contributed by atoms with Crippen LogP contribution in [0.4, 0.5) is 0 Å². The van der Waals surface area contributed by atoms with E-state index in [-0.39, 0.29) is 0 Å². The third-order valence-corrected chi connectivity index (χ3v) is 3.19. The number of rotatable bonds is 5. The second kappa shape index (κ2) is 6.17. The maximum absolute atomic E-state index is 5.54. The van der Waals surface area contributed by atoms with E-state index in [0.717, 1.165) is 11.1 Å². The largest absolute Gasteiger partial charge is 0.493 e. The van der Waals surface area contributed by atoms with E-state index in [1.54, 1.807) is 14.2 Å². The number of methoxy groups -OCH3 is 2. The summed E-state index contributed by atoms with van der Waals surface area (Å²) in [5.74, 6) is 2.53. The number of nitrogens with one attached hydrogen (secondary N) is 1. The molecule has 3 rings (SSSR count). The number of nitrogens with zero attached hydrogens (tertiary/aromatic N) is 2. The Kier molecular flexibility index (Phi) is 3.91. The minimum absolute atomic E-state index is 0.430. The van der Waals surface area contributed by atoms with Crippen LogP contribution in [0.5, 0.6) is 23.1 Å². The molecule has 0 bridgehead atoms. The lowest BCUT2D eigenvalue weighted by Gasteiger charge is -2.10. The van der Waals surface area contributed by atoms with Gasteiger partial charge >= 0.3 is 0 Å². The van der Waals surface area contributed by atoms with Crippen LogP contribution in [-0.2, 0) is 0 Å². The van der Waals surface area contributed by atoms with Crippen molar-refractivity contribution in [3.63, 3.8) is 0 Å². The highest BCUT2D eigenvalue weighted by Gasteiger charge is 2.07. The molecule has 0 radical (unpaired) electrons. The zero-order valence-corrected chi connectivity index (χ0v) is 12.2. The molecule has 22 heavy (non-hydrogen) atoms. The summed E-state index contributed by atoms with van der Waals surface area (Å²) in [5, 5.41) is 10.0. The van der Waals surface area contributed by atoms with E-state index >= 15 is 0 Å². The Balaban J connectivity index is 1.83. The average molecular weight is 297 g/mol. The molecule has 0 saturated heterocycles. The van der Waals surface area contributed by atoms with Crippen molar-refractivity contribution < 1.29 is 14.2 Å². The second-order valence-corrected chi connectivity index (χ2v) is 4.50. The molecule has 1 aromatic heterocycles. The molecule has 0 saturated carbocycles. The van der Waals surface area contributed by atoms with E-state index in [2.05, 4.69) is 15.4 Å². The van der Waals surface area contributed by atoms with Gasteiger partial charge in [0.2, 0.25) is 0 Å². The van der Waals surface area contributed by atoms with Gasteiger partial charge in [-0.25, -0.2) is 0 Å². The highest BCUT2D eigenvalue weighted by Crippen LogP contribution is 2.33. The molecule has 0 aliphatic carbocycles. The smallest absolute Gasteiger partial charge is 0.258 e. The maximum atomic E-state index is 5.54. The predicted octanol–water partition coefficient (Wildman–Crippen LogP) is 3.28. The topological polar surface area (TPSA) is 69.3 Å². The second-order valence-electron chi connectivity index (χ2n) is 4.50. The first-order valence-corrected chi connectivity index (χ1v) is 6.66. The summed E-state index contributed by atoms with van der Waals surface area (Å²) in [6.45, 7) is 0. The molecule has 0 unspecified atom stereocenters. The molecule has 0 aliphatic rings. The standard InChI is InChI=1S/C16H15N3O3/c1-20-14-8-5-12(9-15(14)21-2)11-3-6-13(7-4-11)22-16-10-17-19-18-16/h3-10H,1-2H3,(H,17,18,19). The fourth-order valence-corrected chi connectivity index (χ4v) is 2.09. The molecular weight excluding hydrogens is 282 g/mol. The molecule has 6 heteroatoms. The number of hydrogen-bond donors (Lipinski definition) is 1. The Labute approximate surface area is 127 Å². The first-order valence-electron chi connectivity index (χ1n) is 6.66. The molecule has 1 heterocycles. The third-order valence-electron chi connectivity index (χ3n) is 3.19. The van der Waals surface area contributed by atoms with E-state index in [9.17, 15) is 0 Å². The summed E-state index contributed by atoms with van der Waals surface area (Å²) in [6, 6.07) is 13.5. The van der Waals surface area contributed by atoms with Crippen molar-refractivity contribution >= 4 is 0 Å². The van der Waals surface area contributed by atoms with Crippen LogP contribution < -0.4 is 14.2 Å². The van der Waals surface area contributed by atoms with Crippen LogP contribution in [-0.4, -0.2) is 29.6 Å². The number of aromatic nitrogens is 3. The van der Waals surface area contributed by atoms with E-state index in [0.29, 0.717) is 23.1 Å². The van der Waals surface area contributed by atoms with Crippen molar-refractivity contribution in [1.29, 1.82) is 0 Å². The first-order chi connectivity index (χ1) is 10.8. The number of aromatic amines is 1. The van der Waals surface area contributed by atoms with Crippen LogP contribution in [0.3, 0.4) is 0 Å². The van der Waals surface area contributed by atoms with Gasteiger partial charge in [-0.05, 0) is 35.4 Å². The van der Waals surface area contributed by atoms with Gasteiger partial charge in [0.05, 0.1) is 14.2 Å². The van der Waals surface area contributed by atoms with Crippen LogP contribution in [0.25, 0.3) is 11.1 Å². The molecule has 0 aliphatic heterocycles. The molecule has 3 aromatic rings. The molecule has 0 amide bonds. The van der Waals surface area contributed by atoms with Crippen molar-refractivity contribution in [2.24, 2.45) is 0 Å². The summed E-state index contributed by atoms with van der Waals surface area (Å²) in [6.07, 6.45) is 1.52. The first kappa shape index (κ1) is 13.9. The molecule has 6 nitrogen and oxygen atoms in total. The SMILES string of the molecule is COc1ccc(-c2ccc(Oc3cn[nH]n3)cc2)cc1OC.